The van der Waals surface area contributed by atoms with Gasteiger partial charge in [0, 0.05) is 44.4 Å². The van der Waals surface area contributed by atoms with E-state index in [0.29, 0.717) is 52.8 Å². The summed E-state index contributed by atoms with van der Waals surface area (Å²) in [5.41, 5.74) is 1.50. The van der Waals surface area contributed by atoms with E-state index >= 15 is 0 Å². The zero-order valence-electron chi connectivity index (χ0n) is 17.7. The van der Waals surface area contributed by atoms with E-state index in [1.54, 1.807) is 42.5 Å². The van der Waals surface area contributed by atoms with Gasteiger partial charge in [0.05, 0.1) is 15.1 Å². The molecule has 3 aromatic rings. The average molecular weight is 474 g/mol. The van der Waals surface area contributed by atoms with E-state index in [1.165, 1.54) is 22.6 Å². The number of carbonyl (C=O) groups excluding carboxylic acids is 2. The first kappa shape index (κ1) is 22.3. The highest BCUT2D eigenvalue weighted by atomic mass is 32.2. The predicted octanol–water partition coefficient (Wildman–Crippen LogP) is 2.44. The number of piperazine rings is 1. The van der Waals surface area contributed by atoms with Crippen LogP contribution in [-0.2, 0) is 14.8 Å². The maximum absolute atomic E-state index is 13.0. The monoisotopic (exact) mass is 473 g/mol. The number of sulfonamides is 1. The van der Waals surface area contributed by atoms with Crippen molar-refractivity contribution in [1.82, 2.24) is 14.2 Å². The van der Waals surface area contributed by atoms with Crippen LogP contribution >= 0.6 is 11.3 Å². The van der Waals surface area contributed by atoms with Gasteiger partial charge in [0.15, 0.2) is 5.13 Å². The summed E-state index contributed by atoms with van der Waals surface area (Å²) in [7, 11) is -1.61. The summed E-state index contributed by atoms with van der Waals surface area (Å²) in [5, 5.41) is 5.75. The van der Waals surface area contributed by atoms with Crippen LogP contribution in [0, 0.1) is 0 Å². The maximum Gasteiger partial charge on any atom is 0.257 e. The number of carbonyl (C=O) groups is 2. The highest BCUT2D eigenvalue weighted by Gasteiger charge is 2.28. The quantitative estimate of drug-likeness (QED) is 0.589. The first-order valence-electron chi connectivity index (χ1n) is 10.0. The van der Waals surface area contributed by atoms with E-state index in [4.69, 9.17) is 0 Å². The zero-order valence-corrected chi connectivity index (χ0v) is 19.3. The van der Waals surface area contributed by atoms with Crippen molar-refractivity contribution in [3.05, 3.63) is 48.0 Å². The normalized spacial score (nSPS) is 15.6. The van der Waals surface area contributed by atoms with E-state index in [-0.39, 0.29) is 16.7 Å². The van der Waals surface area contributed by atoms with Crippen LogP contribution in [0.3, 0.4) is 0 Å². The number of thiazole rings is 1. The number of nitrogens with one attached hydrogen (secondary N) is 2. The molecular formula is C21H23N5O4S2. The van der Waals surface area contributed by atoms with Crippen molar-refractivity contribution in [2.75, 3.05) is 43.9 Å². The Labute approximate surface area is 190 Å². The van der Waals surface area contributed by atoms with Crippen LogP contribution < -0.4 is 10.6 Å². The summed E-state index contributed by atoms with van der Waals surface area (Å²) in [5.74, 6) is -0.599. The van der Waals surface area contributed by atoms with Gasteiger partial charge in [0.25, 0.3) is 5.91 Å². The van der Waals surface area contributed by atoms with Crippen molar-refractivity contribution in [3.8, 4) is 0 Å². The Hall–Kier alpha value is -2.86. The lowest BCUT2D eigenvalue weighted by Crippen LogP contribution is -2.46. The Balaban J connectivity index is 1.53. The average Bonchev–Trinajstić information content (AvgIpc) is 3.15. The molecule has 1 aliphatic heterocycles. The predicted molar refractivity (Wildman–Crippen MR) is 125 cm³/mol. The van der Waals surface area contributed by atoms with Crippen LogP contribution in [0.1, 0.15) is 17.3 Å². The third-order valence-corrected chi connectivity index (χ3v) is 7.95. The van der Waals surface area contributed by atoms with Crippen LogP contribution in [0.15, 0.2) is 47.4 Å². The van der Waals surface area contributed by atoms with Crippen LogP contribution in [0.4, 0.5) is 10.8 Å². The third kappa shape index (κ3) is 4.80. The van der Waals surface area contributed by atoms with Crippen molar-refractivity contribution < 1.29 is 18.0 Å². The largest absolute Gasteiger partial charge is 0.326 e. The summed E-state index contributed by atoms with van der Waals surface area (Å²) in [6.45, 7) is 3.70. The minimum absolute atomic E-state index is 0.221. The van der Waals surface area contributed by atoms with Crippen molar-refractivity contribution in [3.63, 3.8) is 0 Å². The lowest BCUT2D eigenvalue weighted by molar-refractivity contribution is -0.114. The highest BCUT2D eigenvalue weighted by molar-refractivity contribution is 7.89. The fourth-order valence-corrected chi connectivity index (χ4v) is 5.83. The number of benzene rings is 2. The molecule has 2 aromatic carbocycles. The van der Waals surface area contributed by atoms with Crippen molar-refractivity contribution in [2.24, 2.45) is 0 Å². The van der Waals surface area contributed by atoms with Gasteiger partial charge in [-0.25, -0.2) is 13.4 Å². The molecule has 2 N–H and O–H groups in total. The lowest BCUT2D eigenvalue weighted by atomic mass is 10.2. The summed E-state index contributed by atoms with van der Waals surface area (Å²) in [4.78, 5) is 30.6. The molecule has 0 atom stereocenters. The Bertz CT molecular complexity index is 1280. The van der Waals surface area contributed by atoms with Gasteiger partial charge in [0.2, 0.25) is 15.9 Å². The Morgan fingerprint density at radius 3 is 2.50 bits per heavy atom. The van der Waals surface area contributed by atoms with Gasteiger partial charge in [-0.2, -0.15) is 4.31 Å². The molecule has 0 radical (unpaired) electrons. The Kier molecular flexibility index (Phi) is 6.24. The fraction of sp³-hybridized carbons (Fsp3) is 0.286. The number of hydrogen-bond acceptors (Lipinski definition) is 7. The molecule has 1 saturated heterocycles. The van der Waals surface area contributed by atoms with Gasteiger partial charge in [-0.1, -0.05) is 17.4 Å². The van der Waals surface area contributed by atoms with Crippen LogP contribution in [0.2, 0.25) is 0 Å². The summed E-state index contributed by atoms with van der Waals surface area (Å²) in [6, 6.07) is 11.4. The van der Waals surface area contributed by atoms with E-state index < -0.39 is 10.0 Å². The summed E-state index contributed by atoms with van der Waals surface area (Å²) >= 11 is 1.21. The van der Waals surface area contributed by atoms with Crippen LogP contribution in [0.5, 0.6) is 0 Å². The van der Waals surface area contributed by atoms with Gasteiger partial charge in [0.1, 0.15) is 0 Å². The van der Waals surface area contributed by atoms with Crippen molar-refractivity contribution in [1.29, 1.82) is 0 Å². The molecular weight excluding hydrogens is 450 g/mol. The molecule has 1 fully saturated rings. The molecule has 0 unspecified atom stereocenters. The fourth-order valence-electron chi connectivity index (χ4n) is 3.41. The number of amides is 2. The first-order chi connectivity index (χ1) is 15.2. The molecule has 1 aliphatic rings. The highest BCUT2D eigenvalue weighted by Crippen LogP contribution is 2.30. The molecule has 4 rings (SSSR count). The summed E-state index contributed by atoms with van der Waals surface area (Å²) in [6.07, 6.45) is 0. The molecule has 9 nitrogen and oxygen atoms in total. The Morgan fingerprint density at radius 2 is 1.78 bits per heavy atom. The number of likely N-dealkylation sites (N-methyl/N-ethyl adjacent to an activating group) is 1. The molecule has 11 heteroatoms. The number of hydrogen-bond donors (Lipinski definition) is 2. The minimum Gasteiger partial charge on any atom is -0.326 e. The number of nitrogens with zero attached hydrogens (tertiary/aromatic N) is 3. The summed E-state index contributed by atoms with van der Waals surface area (Å²) < 4.78 is 28.2. The number of fused-ring (bicyclic) bond motifs is 1. The van der Waals surface area contributed by atoms with Gasteiger partial charge < -0.3 is 10.2 Å². The first-order valence-corrected chi connectivity index (χ1v) is 12.3. The van der Waals surface area contributed by atoms with E-state index in [2.05, 4.69) is 20.5 Å². The molecule has 168 valence electrons. The number of aromatic nitrogens is 1. The second-order valence-corrected chi connectivity index (χ2v) is 10.5. The molecule has 0 spiro atoms. The molecule has 0 saturated carbocycles. The topological polar surface area (TPSA) is 112 Å². The maximum atomic E-state index is 13.0. The third-order valence-electron chi connectivity index (χ3n) is 5.13. The second-order valence-electron chi connectivity index (χ2n) is 7.57. The number of anilines is 2. The van der Waals surface area contributed by atoms with Gasteiger partial charge in [-0.3, -0.25) is 14.9 Å². The van der Waals surface area contributed by atoms with Crippen molar-refractivity contribution in [2.45, 2.75) is 11.8 Å². The molecule has 1 aromatic heterocycles. The SMILES string of the molecule is CC(=O)Nc1cccc(C(=O)Nc2nc3ccc(S(=O)(=O)N4CCN(C)CC4)cc3s2)c1. The van der Waals surface area contributed by atoms with Crippen LogP contribution in [-0.4, -0.2) is 67.6 Å². The minimum atomic E-state index is -3.58. The molecule has 2 heterocycles. The zero-order chi connectivity index (χ0) is 22.9. The number of rotatable bonds is 5. The van der Waals surface area contributed by atoms with Gasteiger partial charge in [-0.05, 0) is 43.4 Å². The standard InChI is InChI=1S/C21H23N5O4S2/c1-14(27)22-16-5-3-4-15(12-16)20(28)24-21-23-18-7-6-17(13-19(18)31-21)32(29,30)26-10-8-25(2)9-11-26/h3-7,12-13H,8-11H2,1-2H3,(H,22,27)(H,23,24,28). The molecule has 0 bridgehead atoms. The second kappa shape index (κ2) is 8.94. The van der Waals surface area contributed by atoms with E-state index in [9.17, 15) is 18.0 Å². The van der Waals surface area contributed by atoms with Crippen molar-refractivity contribution >= 4 is 54.2 Å². The molecule has 2 amide bonds. The van der Waals surface area contributed by atoms with Crippen LogP contribution in [0.25, 0.3) is 10.2 Å². The van der Waals surface area contributed by atoms with Gasteiger partial charge in [-0.15, -0.1) is 0 Å². The van der Waals surface area contributed by atoms with Gasteiger partial charge >= 0.3 is 0 Å². The molecule has 0 aliphatic carbocycles. The lowest BCUT2D eigenvalue weighted by Gasteiger charge is -2.31. The smallest absolute Gasteiger partial charge is 0.257 e. The molecule has 32 heavy (non-hydrogen) atoms. The van der Waals surface area contributed by atoms with E-state index in [0.717, 1.165) is 0 Å². The van der Waals surface area contributed by atoms with E-state index in [1.807, 2.05) is 7.05 Å². The Morgan fingerprint density at radius 1 is 1.03 bits per heavy atom.